The van der Waals surface area contributed by atoms with Crippen LogP contribution in [-0.4, -0.2) is 36.1 Å². The number of esters is 1. The molecule has 9 heteroatoms. The van der Waals surface area contributed by atoms with Crippen molar-refractivity contribution in [2.75, 3.05) is 24.9 Å². The molecule has 0 unspecified atom stereocenters. The third-order valence-electron chi connectivity index (χ3n) is 4.82. The van der Waals surface area contributed by atoms with Gasteiger partial charge in [-0.3, -0.25) is 9.59 Å². The van der Waals surface area contributed by atoms with Crippen molar-refractivity contribution in [2.24, 2.45) is 5.92 Å². The van der Waals surface area contributed by atoms with E-state index in [0.717, 1.165) is 12.8 Å². The summed E-state index contributed by atoms with van der Waals surface area (Å²) in [5.41, 5.74) is 1.17. The number of anilines is 3. The minimum absolute atomic E-state index is 0.00918. The number of para-hydroxylation sites is 1. The Balaban J connectivity index is 1.81. The first kappa shape index (κ1) is 19.4. The molecule has 30 heavy (non-hydrogen) atoms. The fourth-order valence-electron chi connectivity index (χ4n) is 3.20. The number of amides is 1. The Morgan fingerprint density at radius 3 is 2.67 bits per heavy atom. The van der Waals surface area contributed by atoms with Crippen molar-refractivity contribution in [1.82, 2.24) is 9.97 Å². The molecule has 154 valence electrons. The number of nitrogens with zero attached hydrogens (tertiary/aromatic N) is 1. The van der Waals surface area contributed by atoms with Gasteiger partial charge in [0.2, 0.25) is 5.91 Å². The normalized spacial score (nSPS) is 13.0. The second-order valence-corrected chi connectivity index (χ2v) is 6.89. The van der Waals surface area contributed by atoms with Gasteiger partial charge in [-0.2, -0.15) is 0 Å². The minimum Gasteiger partial charge on any atom is -0.494 e. The summed E-state index contributed by atoms with van der Waals surface area (Å²) in [5, 5.41) is 6.25. The monoisotopic (exact) mass is 408 g/mol. The molecule has 1 aromatic carbocycles. The molecule has 2 heterocycles. The van der Waals surface area contributed by atoms with Gasteiger partial charge < -0.3 is 25.1 Å². The van der Waals surface area contributed by atoms with Crippen LogP contribution < -0.4 is 20.9 Å². The molecule has 4 rings (SSSR count). The number of pyridine rings is 2. The minimum atomic E-state index is -0.551. The van der Waals surface area contributed by atoms with E-state index in [-0.39, 0.29) is 28.7 Å². The molecule has 3 N–H and O–H groups in total. The van der Waals surface area contributed by atoms with Gasteiger partial charge in [0.1, 0.15) is 11.4 Å². The Bertz CT molecular complexity index is 1200. The van der Waals surface area contributed by atoms with E-state index in [1.165, 1.54) is 20.4 Å². The molecule has 0 aliphatic heterocycles. The second kappa shape index (κ2) is 7.86. The molecule has 1 saturated carbocycles. The number of hydrogen-bond acceptors (Lipinski definition) is 7. The molecule has 0 atom stereocenters. The van der Waals surface area contributed by atoms with Crippen LogP contribution in [0.15, 0.2) is 41.3 Å². The summed E-state index contributed by atoms with van der Waals surface area (Å²) in [6.45, 7) is 0. The van der Waals surface area contributed by atoms with Gasteiger partial charge in [-0.15, -0.1) is 0 Å². The lowest BCUT2D eigenvalue weighted by atomic mass is 10.1. The van der Waals surface area contributed by atoms with Crippen LogP contribution in [0.25, 0.3) is 10.9 Å². The number of H-pyrrole nitrogens is 1. The number of fused-ring (bicyclic) bond motifs is 1. The number of aromatic nitrogens is 2. The third-order valence-corrected chi connectivity index (χ3v) is 4.82. The summed E-state index contributed by atoms with van der Waals surface area (Å²) in [5.74, 6) is -0.0380. The van der Waals surface area contributed by atoms with Gasteiger partial charge in [-0.1, -0.05) is 6.07 Å². The van der Waals surface area contributed by atoms with Crippen LogP contribution in [0.2, 0.25) is 0 Å². The molecule has 0 bridgehead atoms. The Labute approximate surface area is 171 Å². The fraction of sp³-hybridized carbons (Fsp3) is 0.238. The smallest absolute Gasteiger partial charge is 0.341 e. The highest BCUT2D eigenvalue weighted by atomic mass is 16.5. The first-order chi connectivity index (χ1) is 14.5. The first-order valence-electron chi connectivity index (χ1n) is 9.37. The number of carbonyl (C=O) groups excluding carboxylic acids is 2. The van der Waals surface area contributed by atoms with E-state index >= 15 is 0 Å². The van der Waals surface area contributed by atoms with Crippen molar-refractivity contribution in [3.05, 3.63) is 52.4 Å². The van der Waals surface area contributed by atoms with E-state index in [0.29, 0.717) is 28.1 Å². The highest BCUT2D eigenvalue weighted by Gasteiger charge is 2.30. The number of methoxy groups -OCH3 is 2. The maximum Gasteiger partial charge on any atom is 0.341 e. The van der Waals surface area contributed by atoms with Gasteiger partial charge in [-0.05, 0) is 31.0 Å². The molecule has 1 fully saturated rings. The number of benzene rings is 1. The van der Waals surface area contributed by atoms with E-state index in [2.05, 4.69) is 20.6 Å². The predicted molar refractivity (Wildman–Crippen MR) is 111 cm³/mol. The average Bonchev–Trinajstić information content (AvgIpc) is 3.58. The summed E-state index contributed by atoms with van der Waals surface area (Å²) in [7, 11) is 2.72. The summed E-state index contributed by atoms with van der Waals surface area (Å²) in [6.07, 6.45) is 3.22. The molecule has 0 saturated heterocycles. The lowest BCUT2D eigenvalue weighted by Gasteiger charge is -2.16. The zero-order valence-electron chi connectivity index (χ0n) is 16.4. The molecule has 9 nitrogen and oxygen atoms in total. The molecule has 1 aliphatic carbocycles. The first-order valence-corrected chi connectivity index (χ1v) is 9.37. The second-order valence-electron chi connectivity index (χ2n) is 6.89. The molecule has 3 aromatic rings. The standard InChI is InChI=1S/C21H20N4O5/c1-29-18-12(21(28)30-2)4-3-5-14(18)23-15-10-16(25-19(26)11-6-7-11)24-13-8-9-22-20(27)17(13)15/h3-5,8-11H,6-7H2,1-2H3,(H,22,27)(H2,23,24,25,26). The van der Waals surface area contributed by atoms with Gasteiger partial charge in [0.15, 0.2) is 5.75 Å². The molecular formula is C21H20N4O5. The summed E-state index contributed by atoms with van der Waals surface area (Å²) in [6, 6.07) is 8.19. The van der Waals surface area contributed by atoms with Crippen LogP contribution in [-0.2, 0) is 9.53 Å². The zero-order valence-corrected chi connectivity index (χ0v) is 16.4. The quantitative estimate of drug-likeness (QED) is 0.536. The van der Waals surface area contributed by atoms with Crippen LogP contribution in [0, 0.1) is 5.92 Å². The van der Waals surface area contributed by atoms with Gasteiger partial charge in [0.05, 0.1) is 36.5 Å². The average molecular weight is 408 g/mol. The van der Waals surface area contributed by atoms with E-state index in [1.54, 1.807) is 30.3 Å². The molecule has 0 spiro atoms. The molecule has 1 amide bonds. The van der Waals surface area contributed by atoms with Crippen LogP contribution >= 0.6 is 0 Å². The largest absolute Gasteiger partial charge is 0.494 e. The number of ether oxygens (including phenoxy) is 2. The van der Waals surface area contributed by atoms with Gasteiger partial charge >= 0.3 is 5.97 Å². The van der Waals surface area contributed by atoms with Gasteiger partial charge in [0.25, 0.3) is 5.56 Å². The highest BCUT2D eigenvalue weighted by molar-refractivity contribution is 6.00. The van der Waals surface area contributed by atoms with Crippen molar-refractivity contribution >= 4 is 40.0 Å². The lowest BCUT2D eigenvalue weighted by molar-refractivity contribution is -0.117. The van der Waals surface area contributed by atoms with Gasteiger partial charge in [-0.25, -0.2) is 9.78 Å². The van der Waals surface area contributed by atoms with Crippen molar-refractivity contribution in [3.63, 3.8) is 0 Å². The molecule has 1 aliphatic rings. The SMILES string of the molecule is COC(=O)c1cccc(Nc2cc(NC(=O)C3CC3)nc3cc[nH]c(=O)c23)c1OC. The topological polar surface area (TPSA) is 122 Å². The Kier molecular flexibility index (Phi) is 5.09. The van der Waals surface area contributed by atoms with Crippen LogP contribution in [0.3, 0.4) is 0 Å². The summed E-state index contributed by atoms with van der Waals surface area (Å²) < 4.78 is 10.2. The number of hydrogen-bond donors (Lipinski definition) is 3. The van der Waals surface area contributed by atoms with E-state index in [4.69, 9.17) is 9.47 Å². The highest BCUT2D eigenvalue weighted by Crippen LogP contribution is 2.35. The predicted octanol–water partition coefficient (Wildman–Crippen LogP) is 2.81. The van der Waals surface area contributed by atoms with E-state index < -0.39 is 5.97 Å². The molecule has 0 radical (unpaired) electrons. The lowest BCUT2D eigenvalue weighted by Crippen LogP contribution is -2.16. The maximum absolute atomic E-state index is 12.5. The van der Waals surface area contributed by atoms with Crippen molar-refractivity contribution in [2.45, 2.75) is 12.8 Å². The molecule has 2 aromatic heterocycles. The number of aromatic amines is 1. The van der Waals surface area contributed by atoms with E-state index in [1.807, 2.05) is 0 Å². The fourth-order valence-corrected chi connectivity index (χ4v) is 3.20. The maximum atomic E-state index is 12.5. The summed E-state index contributed by atoms with van der Waals surface area (Å²) in [4.78, 5) is 43.8. The van der Waals surface area contributed by atoms with Crippen LogP contribution in [0.1, 0.15) is 23.2 Å². The van der Waals surface area contributed by atoms with E-state index in [9.17, 15) is 14.4 Å². The number of nitrogens with one attached hydrogen (secondary N) is 3. The van der Waals surface area contributed by atoms with Crippen molar-refractivity contribution in [1.29, 1.82) is 0 Å². The third kappa shape index (κ3) is 3.69. The Morgan fingerprint density at radius 2 is 1.97 bits per heavy atom. The number of rotatable bonds is 6. The molecular weight excluding hydrogens is 388 g/mol. The zero-order chi connectivity index (χ0) is 21.3. The summed E-state index contributed by atoms with van der Waals surface area (Å²) >= 11 is 0. The van der Waals surface area contributed by atoms with Crippen molar-refractivity contribution in [3.8, 4) is 5.75 Å². The number of carbonyl (C=O) groups is 2. The van der Waals surface area contributed by atoms with Crippen molar-refractivity contribution < 1.29 is 19.1 Å². The van der Waals surface area contributed by atoms with Crippen LogP contribution in [0.5, 0.6) is 5.75 Å². The Morgan fingerprint density at radius 1 is 1.17 bits per heavy atom. The Hall–Kier alpha value is -3.88. The van der Waals surface area contributed by atoms with Gasteiger partial charge in [0, 0.05) is 18.2 Å². The van der Waals surface area contributed by atoms with Crippen LogP contribution in [0.4, 0.5) is 17.2 Å².